The van der Waals surface area contributed by atoms with Crippen LogP contribution in [0.25, 0.3) is 33.2 Å². The molecule has 1 aliphatic rings. The summed E-state index contributed by atoms with van der Waals surface area (Å²) < 4.78 is 24.8. The van der Waals surface area contributed by atoms with Gasteiger partial charge in [-0.3, -0.25) is 9.21 Å². The van der Waals surface area contributed by atoms with E-state index in [1.54, 1.807) is 34.7 Å². The fraction of sp³-hybridized carbons (Fsp3) is 0.333. The van der Waals surface area contributed by atoms with E-state index in [0.29, 0.717) is 6.61 Å². The Morgan fingerprint density at radius 3 is 2.91 bits per heavy atom. The number of benzene rings is 1. The molecule has 13 heteroatoms. The highest BCUT2D eigenvalue weighted by atomic mass is 32.1. The fourth-order valence-electron chi connectivity index (χ4n) is 3.77. The summed E-state index contributed by atoms with van der Waals surface area (Å²) >= 11 is 1.62. The first-order chi connectivity index (χ1) is 16.3. The van der Waals surface area contributed by atoms with Crippen LogP contribution in [0.5, 0.6) is 5.75 Å². The topological polar surface area (TPSA) is 137 Å². The van der Waals surface area contributed by atoms with Crippen molar-refractivity contribution >= 4 is 19.2 Å². The van der Waals surface area contributed by atoms with E-state index in [4.69, 9.17) is 19.5 Å². The molecule has 0 amide bonds. The average molecular weight is 502 g/mol. The van der Waals surface area contributed by atoms with Crippen LogP contribution in [0.3, 0.4) is 0 Å². The molecule has 0 aliphatic carbocycles. The lowest BCUT2D eigenvalue weighted by molar-refractivity contribution is 0.188. The second kappa shape index (κ2) is 9.05. The van der Waals surface area contributed by atoms with Crippen molar-refractivity contribution in [3.05, 3.63) is 41.8 Å². The molecule has 34 heavy (non-hydrogen) atoms. The van der Waals surface area contributed by atoms with Gasteiger partial charge < -0.3 is 14.5 Å². The van der Waals surface area contributed by atoms with Crippen LogP contribution in [0, 0.1) is 0 Å². The van der Waals surface area contributed by atoms with E-state index < -0.39 is 7.82 Å². The van der Waals surface area contributed by atoms with Crippen molar-refractivity contribution in [2.75, 3.05) is 13.2 Å². The molecule has 0 spiro atoms. The van der Waals surface area contributed by atoms with Gasteiger partial charge in [-0.1, -0.05) is 6.07 Å². The monoisotopic (exact) mass is 502 g/mol. The predicted molar refractivity (Wildman–Crippen MR) is 125 cm³/mol. The normalized spacial score (nSPS) is 13.4. The quantitative estimate of drug-likeness (QED) is 0.363. The number of hydrogen-bond donors (Lipinski definition) is 2. The minimum Gasteiger partial charge on any atom is -0.492 e. The van der Waals surface area contributed by atoms with Crippen LogP contribution in [0.15, 0.2) is 36.9 Å². The Kier molecular flexibility index (Phi) is 6.09. The van der Waals surface area contributed by atoms with E-state index >= 15 is 0 Å². The summed E-state index contributed by atoms with van der Waals surface area (Å²) in [6.45, 7) is 4.75. The summed E-state index contributed by atoms with van der Waals surface area (Å²) in [6, 6.07) is 6.14. The molecule has 5 rings (SSSR count). The molecule has 0 bridgehead atoms. The van der Waals surface area contributed by atoms with Gasteiger partial charge >= 0.3 is 7.82 Å². The number of phosphoric acid groups is 1. The second-order valence-electron chi connectivity index (χ2n) is 8.04. The maximum Gasteiger partial charge on any atom is 0.469 e. The lowest BCUT2D eigenvalue weighted by Gasteiger charge is -2.09. The summed E-state index contributed by atoms with van der Waals surface area (Å²) in [4.78, 5) is 28.1. The van der Waals surface area contributed by atoms with E-state index in [9.17, 15) is 4.57 Å². The van der Waals surface area contributed by atoms with Gasteiger partial charge in [-0.25, -0.2) is 19.2 Å². The van der Waals surface area contributed by atoms with Crippen molar-refractivity contribution in [3.8, 4) is 39.0 Å². The lowest BCUT2D eigenvalue weighted by atomic mass is 10.0. The third-order valence-corrected chi connectivity index (χ3v) is 6.95. The van der Waals surface area contributed by atoms with Crippen molar-refractivity contribution < 1.29 is 23.6 Å². The molecule has 4 heterocycles. The molecular weight excluding hydrogens is 479 g/mol. The van der Waals surface area contributed by atoms with E-state index in [1.807, 2.05) is 22.9 Å². The maximum absolute atomic E-state index is 10.8. The number of hydrogen-bond acceptors (Lipinski definition) is 8. The number of fused-ring (bicyclic) bond motifs is 3. The summed E-state index contributed by atoms with van der Waals surface area (Å²) in [5.74, 6) is 1.51. The van der Waals surface area contributed by atoms with Gasteiger partial charge in [0.15, 0.2) is 10.8 Å². The third kappa shape index (κ3) is 4.68. The third-order valence-electron chi connectivity index (χ3n) is 5.32. The number of thiazole rings is 1. The Balaban J connectivity index is 1.42. The van der Waals surface area contributed by atoms with E-state index in [0.717, 1.165) is 50.3 Å². The van der Waals surface area contributed by atoms with Gasteiger partial charge in [-0.2, -0.15) is 10.2 Å². The van der Waals surface area contributed by atoms with Crippen molar-refractivity contribution in [3.63, 3.8) is 0 Å². The zero-order valence-electron chi connectivity index (χ0n) is 18.5. The van der Waals surface area contributed by atoms with Crippen molar-refractivity contribution in [2.24, 2.45) is 0 Å². The zero-order valence-corrected chi connectivity index (χ0v) is 20.2. The zero-order chi connectivity index (χ0) is 23.9. The van der Waals surface area contributed by atoms with E-state index in [1.165, 1.54) is 0 Å². The van der Waals surface area contributed by atoms with Crippen LogP contribution in [-0.2, 0) is 22.1 Å². The summed E-state index contributed by atoms with van der Waals surface area (Å²) in [5.41, 5.74) is 3.61. The van der Waals surface area contributed by atoms with Crippen molar-refractivity contribution in [1.29, 1.82) is 0 Å². The van der Waals surface area contributed by atoms with Crippen LogP contribution in [0.2, 0.25) is 0 Å². The standard InChI is InChI=1S/C21H23N6O5PS/c1-13(2)27-20(22-12-24-27)21-25-19-16-4-3-14(9-17(16)31-7-5-18(19)34-21)15-10-23-26(11-15)6-8-32-33(28,29)30/h3-4,9-13H,5-8H2,1-2H3,(H2,28,29,30). The number of aromatic nitrogens is 6. The molecule has 0 atom stereocenters. The van der Waals surface area contributed by atoms with E-state index in [2.05, 4.69) is 33.6 Å². The van der Waals surface area contributed by atoms with Crippen LogP contribution in [0.1, 0.15) is 24.8 Å². The first kappa shape index (κ1) is 22.9. The highest BCUT2D eigenvalue weighted by Gasteiger charge is 2.24. The van der Waals surface area contributed by atoms with Gasteiger partial charge in [0.05, 0.1) is 31.6 Å². The Morgan fingerprint density at radius 1 is 1.26 bits per heavy atom. The van der Waals surface area contributed by atoms with Crippen LogP contribution < -0.4 is 4.74 Å². The predicted octanol–water partition coefficient (Wildman–Crippen LogP) is 3.56. The molecule has 1 aromatic carbocycles. The van der Waals surface area contributed by atoms with Gasteiger partial charge in [-0.05, 0) is 31.5 Å². The molecule has 4 aromatic rings. The Morgan fingerprint density at radius 2 is 2.12 bits per heavy atom. The van der Waals surface area contributed by atoms with Gasteiger partial charge in [0.1, 0.15) is 12.1 Å². The van der Waals surface area contributed by atoms with Crippen molar-refractivity contribution in [2.45, 2.75) is 32.9 Å². The smallest absolute Gasteiger partial charge is 0.469 e. The first-order valence-corrected chi connectivity index (χ1v) is 13.0. The van der Waals surface area contributed by atoms with Gasteiger partial charge in [0.2, 0.25) is 0 Å². The molecule has 0 fully saturated rings. The minimum absolute atomic E-state index is 0.141. The second-order valence-corrected chi connectivity index (χ2v) is 10.4. The summed E-state index contributed by atoms with van der Waals surface area (Å²) in [7, 11) is -4.49. The van der Waals surface area contributed by atoms with E-state index in [-0.39, 0.29) is 19.2 Å². The minimum atomic E-state index is -4.49. The highest BCUT2D eigenvalue weighted by Crippen LogP contribution is 2.41. The first-order valence-electron chi connectivity index (χ1n) is 10.7. The number of rotatable bonds is 7. The summed E-state index contributed by atoms with van der Waals surface area (Å²) in [6.07, 6.45) is 5.81. The summed E-state index contributed by atoms with van der Waals surface area (Å²) in [5, 5.41) is 9.42. The van der Waals surface area contributed by atoms with Crippen LogP contribution in [0.4, 0.5) is 0 Å². The van der Waals surface area contributed by atoms with Crippen LogP contribution in [-0.4, -0.2) is 52.5 Å². The lowest BCUT2D eigenvalue weighted by Crippen LogP contribution is -2.05. The molecule has 11 nitrogen and oxygen atoms in total. The molecule has 3 aromatic heterocycles. The average Bonchev–Trinajstić information content (AvgIpc) is 3.50. The molecule has 2 N–H and O–H groups in total. The number of nitrogens with zero attached hydrogens (tertiary/aromatic N) is 6. The van der Waals surface area contributed by atoms with Crippen LogP contribution >= 0.6 is 19.2 Å². The SMILES string of the molecule is CC(C)n1ncnc1-c1nc2c(s1)CCOc1cc(-c3cnn(CCOP(=O)(O)O)c3)ccc1-2. The Labute approximate surface area is 199 Å². The molecule has 0 saturated carbocycles. The molecule has 178 valence electrons. The fourth-order valence-corrected chi connectivity index (χ4v) is 5.13. The molecular formula is C21H23N6O5PS. The molecule has 1 aliphatic heterocycles. The van der Waals surface area contributed by atoms with Crippen molar-refractivity contribution in [1.82, 2.24) is 29.5 Å². The Bertz CT molecular complexity index is 1370. The highest BCUT2D eigenvalue weighted by molar-refractivity contribution is 7.46. The van der Waals surface area contributed by atoms with Gasteiger partial charge in [0, 0.05) is 34.7 Å². The largest absolute Gasteiger partial charge is 0.492 e. The van der Waals surface area contributed by atoms with Gasteiger partial charge in [0.25, 0.3) is 0 Å². The number of ether oxygens (including phenoxy) is 1. The number of phosphoric ester groups is 1. The maximum atomic E-state index is 10.8. The Hall–Kier alpha value is -2.89. The molecule has 0 saturated heterocycles. The molecule has 0 unspecified atom stereocenters. The molecule has 0 radical (unpaired) electrons. The van der Waals surface area contributed by atoms with Gasteiger partial charge in [-0.15, -0.1) is 11.3 Å².